The number of hydrogen-bond donors (Lipinski definition) is 1. The number of carbonyl (C=O) groups is 1. The Bertz CT molecular complexity index is 212. The molecule has 16 heavy (non-hydrogen) atoms. The van der Waals surface area contributed by atoms with Gasteiger partial charge in [-0.05, 0) is 33.6 Å². The maximum Gasteiger partial charge on any atom is 0.313 e. The van der Waals surface area contributed by atoms with E-state index in [2.05, 4.69) is 13.8 Å². The standard InChI is InChI=1S/C13H27NO2/c1-6-8-13(10-14,9-7-2)11(15)16-12(3,4)5/h6-10,14H2,1-5H3. The largest absolute Gasteiger partial charge is 0.460 e. The van der Waals surface area contributed by atoms with Gasteiger partial charge in [0.25, 0.3) is 0 Å². The Hall–Kier alpha value is -0.570. The van der Waals surface area contributed by atoms with Crippen LogP contribution in [0.3, 0.4) is 0 Å². The Labute approximate surface area is 99.7 Å². The predicted molar refractivity (Wildman–Crippen MR) is 67.1 cm³/mol. The van der Waals surface area contributed by atoms with Gasteiger partial charge in [-0.25, -0.2) is 0 Å². The highest BCUT2D eigenvalue weighted by atomic mass is 16.6. The second-order valence-electron chi connectivity index (χ2n) is 5.49. The van der Waals surface area contributed by atoms with Crippen LogP contribution in [0.5, 0.6) is 0 Å². The van der Waals surface area contributed by atoms with E-state index in [9.17, 15) is 4.79 Å². The first-order valence-electron chi connectivity index (χ1n) is 6.25. The number of nitrogens with two attached hydrogens (primary N) is 1. The number of carbonyl (C=O) groups excluding carboxylic acids is 1. The van der Waals surface area contributed by atoms with E-state index in [0.717, 1.165) is 25.7 Å². The fraction of sp³-hybridized carbons (Fsp3) is 0.923. The van der Waals surface area contributed by atoms with Crippen molar-refractivity contribution in [3.05, 3.63) is 0 Å². The van der Waals surface area contributed by atoms with E-state index in [0.29, 0.717) is 6.54 Å². The van der Waals surface area contributed by atoms with Gasteiger partial charge < -0.3 is 10.5 Å². The van der Waals surface area contributed by atoms with Crippen LogP contribution in [0.4, 0.5) is 0 Å². The van der Waals surface area contributed by atoms with Crippen molar-refractivity contribution in [1.82, 2.24) is 0 Å². The van der Waals surface area contributed by atoms with E-state index in [1.165, 1.54) is 0 Å². The van der Waals surface area contributed by atoms with Gasteiger partial charge >= 0.3 is 5.97 Å². The van der Waals surface area contributed by atoms with Crippen molar-refractivity contribution in [2.24, 2.45) is 11.1 Å². The Kier molecular flexibility index (Phi) is 6.01. The third-order valence-electron chi connectivity index (χ3n) is 2.68. The molecule has 0 aromatic heterocycles. The maximum absolute atomic E-state index is 12.2. The van der Waals surface area contributed by atoms with Gasteiger partial charge in [0.2, 0.25) is 0 Å². The topological polar surface area (TPSA) is 52.3 Å². The number of esters is 1. The maximum atomic E-state index is 12.2. The van der Waals surface area contributed by atoms with E-state index in [4.69, 9.17) is 10.5 Å². The van der Waals surface area contributed by atoms with Crippen molar-refractivity contribution in [2.45, 2.75) is 65.9 Å². The molecule has 2 N–H and O–H groups in total. The normalized spacial score (nSPS) is 12.6. The summed E-state index contributed by atoms with van der Waals surface area (Å²) >= 11 is 0. The van der Waals surface area contributed by atoms with E-state index in [1.807, 2.05) is 20.8 Å². The molecule has 0 aliphatic rings. The molecular weight excluding hydrogens is 202 g/mol. The Morgan fingerprint density at radius 3 is 1.81 bits per heavy atom. The lowest BCUT2D eigenvalue weighted by Crippen LogP contribution is -2.43. The number of ether oxygens (including phenoxy) is 1. The Balaban J connectivity index is 4.79. The first-order chi connectivity index (χ1) is 7.31. The summed E-state index contributed by atoms with van der Waals surface area (Å²) in [5.41, 5.74) is 4.89. The van der Waals surface area contributed by atoms with Crippen molar-refractivity contribution >= 4 is 5.97 Å². The van der Waals surface area contributed by atoms with Crippen molar-refractivity contribution in [3.63, 3.8) is 0 Å². The van der Waals surface area contributed by atoms with Crippen LogP contribution in [0.15, 0.2) is 0 Å². The average molecular weight is 229 g/mol. The van der Waals surface area contributed by atoms with E-state index in [-0.39, 0.29) is 5.97 Å². The molecule has 0 aromatic rings. The van der Waals surface area contributed by atoms with Gasteiger partial charge in [-0.15, -0.1) is 0 Å². The minimum absolute atomic E-state index is 0.133. The van der Waals surface area contributed by atoms with Crippen LogP contribution < -0.4 is 5.73 Å². The SMILES string of the molecule is CCCC(CN)(CCC)C(=O)OC(C)(C)C. The Morgan fingerprint density at radius 1 is 1.12 bits per heavy atom. The first-order valence-corrected chi connectivity index (χ1v) is 6.25. The molecular formula is C13H27NO2. The van der Waals surface area contributed by atoms with Gasteiger partial charge in [-0.2, -0.15) is 0 Å². The second kappa shape index (κ2) is 6.24. The summed E-state index contributed by atoms with van der Waals surface area (Å²) in [4.78, 5) is 12.2. The summed E-state index contributed by atoms with van der Waals surface area (Å²) in [5.74, 6) is -0.133. The predicted octanol–water partition coefficient (Wildman–Crippen LogP) is 2.87. The molecule has 0 saturated heterocycles. The van der Waals surface area contributed by atoms with Crippen molar-refractivity contribution in [1.29, 1.82) is 0 Å². The zero-order chi connectivity index (χ0) is 12.8. The third kappa shape index (κ3) is 4.52. The molecule has 0 bridgehead atoms. The van der Waals surface area contributed by atoms with Gasteiger partial charge in [0, 0.05) is 6.54 Å². The molecule has 3 nitrogen and oxygen atoms in total. The molecule has 96 valence electrons. The minimum atomic E-state index is -0.475. The summed E-state index contributed by atoms with van der Waals surface area (Å²) in [5, 5.41) is 0. The lowest BCUT2D eigenvalue weighted by atomic mass is 9.79. The molecule has 0 rings (SSSR count). The van der Waals surface area contributed by atoms with Gasteiger partial charge in [0.1, 0.15) is 5.60 Å². The van der Waals surface area contributed by atoms with Crippen LogP contribution in [0.2, 0.25) is 0 Å². The van der Waals surface area contributed by atoms with Gasteiger partial charge in [-0.3, -0.25) is 4.79 Å². The first kappa shape index (κ1) is 15.4. The smallest absolute Gasteiger partial charge is 0.313 e. The van der Waals surface area contributed by atoms with Gasteiger partial charge in [0.15, 0.2) is 0 Å². The molecule has 0 unspecified atom stereocenters. The fourth-order valence-electron chi connectivity index (χ4n) is 1.96. The van der Waals surface area contributed by atoms with Crippen LogP contribution in [0.1, 0.15) is 60.3 Å². The molecule has 0 heterocycles. The second-order valence-corrected chi connectivity index (χ2v) is 5.49. The quantitative estimate of drug-likeness (QED) is 0.712. The fourth-order valence-corrected chi connectivity index (χ4v) is 1.96. The van der Waals surface area contributed by atoms with E-state index in [1.54, 1.807) is 0 Å². The molecule has 0 atom stereocenters. The van der Waals surface area contributed by atoms with E-state index >= 15 is 0 Å². The highest BCUT2D eigenvalue weighted by Crippen LogP contribution is 2.32. The van der Waals surface area contributed by atoms with Crippen molar-refractivity contribution < 1.29 is 9.53 Å². The molecule has 0 aliphatic carbocycles. The highest BCUT2D eigenvalue weighted by Gasteiger charge is 2.38. The van der Waals surface area contributed by atoms with Crippen LogP contribution in [0.25, 0.3) is 0 Å². The van der Waals surface area contributed by atoms with Gasteiger partial charge in [-0.1, -0.05) is 26.7 Å². The lowest BCUT2D eigenvalue weighted by molar-refractivity contribution is -0.168. The molecule has 0 aromatic carbocycles. The molecule has 0 fully saturated rings. The molecule has 0 spiro atoms. The summed E-state index contributed by atoms with van der Waals surface area (Å²) in [7, 11) is 0. The van der Waals surface area contributed by atoms with Crippen molar-refractivity contribution in [2.75, 3.05) is 6.54 Å². The zero-order valence-electron chi connectivity index (χ0n) is 11.4. The summed E-state index contributed by atoms with van der Waals surface area (Å²) in [6.07, 6.45) is 3.53. The molecule has 0 saturated carbocycles. The lowest BCUT2D eigenvalue weighted by Gasteiger charge is -2.33. The molecule has 0 aliphatic heterocycles. The molecule has 0 radical (unpaired) electrons. The molecule has 0 amide bonds. The van der Waals surface area contributed by atoms with E-state index < -0.39 is 11.0 Å². The Morgan fingerprint density at radius 2 is 1.56 bits per heavy atom. The summed E-state index contributed by atoms with van der Waals surface area (Å²) in [6.45, 7) is 10.2. The third-order valence-corrected chi connectivity index (χ3v) is 2.68. The number of hydrogen-bond acceptors (Lipinski definition) is 3. The number of rotatable bonds is 6. The van der Waals surface area contributed by atoms with Crippen LogP contribution in [-0.4, -0.2) is 18.1 Å². The summed E-state index contributed by atoms with van der Waals surface area (Å²) in [6, 6.07) is 0. The monoisotopic (exact) mass is 229 g/mol. The zero-order valence-corrected chi connectivity index (χ0v) is 11.4. The van der Waals surface area contributed by atoms with Crippen LogP contribution >= 0.6 is 0 Å². The summed E-state index contributed by atoms with van der Waals surface area (Å²) < 4.78 is 5.48. The van der Waals surface area contributed by atoms with Gasteiger partial charge in [0.05, 0.1) is 5.41 Å². The highest BCUT2D eigenvalue weighted by molar-refractivity contribution is 5.77. The van der Waals surface area contributed by atoms with Crippen molar-refractivity contribution in [3.8, 4) is 0 Å². The van der Waals surface area contributed by atoms with Crippen LogP contribution in [0, 0.1) is 5.41 Å². The average Bonchev–Trinajstić information content (AvgIpc) is 2.14. The molecule has 3 heteroatoms. The van der Waals surface area contributed by atoms with Crippen LogP contribution in [-0.2, 0) is 9.53 Å². The minimum Gasteiger partial charge on any atom is -0.460 e.